The van der Waals surface area contributed by atoms with Crippen LogP contribution in [0.15, 0.2) is 18.2 Å². The quantitative estimate of drug-likeness (QED) is 0.105. The molecule has 0 aromatic heterocycles. The number of phenols is 2. The third-order valence-electron chi connectivity index (χ3n) is 7.65. The summed E-state index contributed by atoms with van der Waals surface area (Å²) in [5, 5.41) is 19.6. The highest BCUT2D eigenvalue weighted by molar-refractivity contribution is 5.69. The fourth-order valence-corrected chi connectivity index (χ4v) is 5.16. The van der Waals surface area contributed by atoms with Gasteiger partial charge in [0.25, 0.3) is 0 Å². The number of hydrogen-bond donors (Lipinski definition) is 2. The molecule has 0 aliphatic rings. The Bertz CT molecular complexity index is 698. The van der Waals surface area contributed by atoms with E-state index in [1.54, 1.807) is 12.1 Å². The van der Waals surface area contributed by atoms with Crippen LogP contribution in [0.5, 0.6) is 11.5 Å². The number of unbranched alkanes of at least 4 members (excludes halogenated alkanes) is 17. The maximum Gasteiger partial charge on any atom is 0.305 e. The van der Waals surface area contributed by atoms with Crippen LogP contribution in [-0.4, -0.2) is 22.8 Å². The molecular formula is C33H58O4. The molecule has 0 radical (unpaired) electrons. The molecule has 0 bridgehead atoms. The van der Waals surface area contributed by atoms with Gasteiger partial charge in [0.2, 0.25) is 0 Å². The largest absolute Gasteiger partial charge is 0.508 e. The number of hydrogen-bond acceptors (Lipinski definition) is 4. The Labute approximate surface area is 228 Å². The van der Waals surface area contributed by atoms with Crippen molar-refractivity contribution in [3.8, 4) is 11.5 Å². The number of rotatable bonds is 24. The average molecular weight is 519 g/mol. The van der Waals surface area contributed by atoms with E-state index in [-0.39, 0.29) is 22.9 Å². The van der Waals surface area contributed by atoms with Gasteiger partial charge in [0.15, 0.2) is 0 Å². The van der Waals surface area contributed by atoms with Gasteiger partial charge < -0.3 is 14.9 Å². The summed E-state index contributed by atoms with van der Waals surface area (Å²) in [6, 6.07) is 4.71. The first kappa shape index (κ1) is 33.3. The Kier molecular flexibility index (Phi) is 19.1. The standard InChI is InChI=1S/C33H58O4/c1-4-5-6-7-8-9-10-11-12-13-14-15-16-17-18-19-20-21-27-37-32(36)23-22-26-33(2,3)30-25-24-29(34)28-31(30)35/h24-25,28,34-35H,4-23,26-27H2,1-3H3. The lowest BCUT2D eigenvalue weighted by atomic mass is 9.79. The van der Waals surface area contributed by atoms with E-state index in [4.69, 9.17) is 4.74 Å². The highest BCUT2D eigenvalue weighted by Crippen LogP contribution is 2.36. The summed E-state index contributed by atoms with van der Waals surface area (Å²) >= 11 is 0. The van der Waals surface area contributed by atoms with Crippen molar-refractivity contribution in [1.29, 1.82) is 0 Å². The summed E-state index contributed by atoms with van der Waals surface area (Å²) in [7, 11) is 0. The third kappa shape index (κ3) is 17.4. The number of carbonyl (C=O) groups is 1. The molecule has 1 rings (SSSR count). The van der Waals surface area contributed by atoms with Gasteiger partial charge in [-0.05, 0) is 36.3 Å². The third-order valence-corrected chi connectivity index (χ3v) is 7.65. The van der Waals surface area contributed by atoms with Crippen LogP contribution in [0, 0.1) is 0 Å². The minimum Gasteiger partial charge on any atom is -0.508 e. The van der Waals surface area contributed by atoms with Gasteiger partial charge in [0, 0.05) is 12.5 Å². The lowest BCUT2D eigenvalue weighted by molar-refractivity contribution is -0.143. The summed E-state index contributed by atoms with van der Waals surface area (Å²) in [6.45, 7) is 6.90. The zero-order valence-electron chi connectivity index (χ0n) is 24.5. The van der Waals surface area contributed by atoms with Crippen LogP contribution < -0.4 is 0 Å². The minimum atomic E-state index is -0.273. The lowest BCUT2D eigenvalue weighted by Crippen LogP contribution is -2.18. The van der Waals surface area contributed by atoms with Crippen LogP contribution in [0.25, 0.3) is 0 Å². The highest BCUT2D eigenvalue weighted by Gasteiger charge is 2.24. The van der Waals surface area contributed by atoms with Crippen molar-refractivity contribution in [2.75, 3.05) is 6.61 Å². The molecule has 0 heterocycles. The number of benzene rings is 1. The van der Waals surface area contributed by atoms with Crippen molar-refractivity contribution in [3.05, 3.63) is 23.8 Å². The first-order chi connectivity index (χ1) is 17.9. The van der Waals surface area contributed by atoms with Crippen LogP contribution in [0.3, 0.4) is 0 Å². The zero-order valence-corrected chi connectivity index (χ0v) is 24.5. The van der Waals surface area contributed by atoms with Gasteiger partial charge in [-0.1, -0.05) is 136 Å². The fourth-order valence-electron chi connectivity index (χ4n) is 5.16. The van der Waals surface area contributed by atoms with Crippen molar-refractivity contribution in [1.82, 2.24) is 0 Å². The van der Waals surface area contributed by atoms with Crippen LogP contribution in [0.4, 0.5) is 0 Å². The molecule has 0 saturated carbocycles. The monoisotopic (exact) mass is 518 g/mol. The Balaban J connectivity index is 1.87. The van der Waals surface area contributed by atoms with Crippen molar-refractivity contribution < 1.29 is 19.7 Å². The van der Waals surface area contributed by atoms with E-state index >= 15 is 0 Å². The Morgan fingerprint density at radius 3 is 1.62 bits per heavy atom. The molecule has 0 unspecified atom stereocenters. The molecule has 4 heteroatoms. The Morgan fingerprint density at radius 2 is 1.16 bits per heavy atom. The predicted molar refractivity (Wildman–Crippen MR) is 156 cm³/mol. The molecule has 0 aliphatic heterocycles. The highest BCUT2D eigenvalue weighted by atomic mass is 16.5. The molecule has 0 saturated heterocycles. The summed E-state index contributed by atoms with van der Waals surface area (Å²) in [4.78, 5) is 12.1. The molecule has 2 N–H and O–H groups in total. The Morgan fingerprint density at radius 1 is 0.703 bits per heavy atom. The average Bonchev–Trinajstić information content (AvgIpc) is 2.85. The molecule has 214 valence electrons. The van der Waals surface area contributed by atoms with Crippen molar-refractivity contribution in [2.24, 2.45) is 0 Å². The number of ether oxygens (including phenoxy) is 1. The summed E-state index contributed by atoms with van der Waals surface area (Å²) in [5.74, 6) is 0.0274. The van der Waals surface area contributed by atoms with Gasteiger partial charge >= 0.3 is 5.97 Å². The van der Waals surface area contributed by atoms with Crippen molar-refractivity contribution >= 4 is 5.97 Å². The van der Waals surface area contributed by atoms with Crippen molar-refractivity contribution in [3.63, 3.8) is 0 Å². The van der Waals surface area contributed by atoms with E-state index in [1.165, 1.54) is 109 Å². The minimum absolute atomic E-state index is 0.0558. The van der Waals surface area contributed by atoms with E-state index in [2.05, 4.69) is 6.92 Å². The maximum absolute atomic E-state index is 12.1. The molecule has 0 atom stereocenters. The molecule has 0 spiro atoms. The van der Waals surface area contributed by atoms with E-state index < -0.39 is 0 Å². The van der Waals surface area contributed by atoms with Crippen molar-refractivity contribution in [2.45, 2.75) is 161 Å². The maximum atomic E-state index is 12.1. The molecular weight excluding hydrogens is 460 g/mol. The van der Waals surface area contributed by atoms with Crippen LogP contribution >= 0.6 is 0 Å². The van der Waals surface area contributed by atoms with Gasteiger partial charge in [-0.2, -0.15) is 0 Å². The zero-order chi connectivity index (χ0) is 27.2. The number of carbonyl (C=O) groups excluding carboxylic acids is 1. The summed E-state index contributed by atoms with van der Waals surface area (Å²) in [5.41, 5.74) is 0.517. The molecule has 0 fully saturated rings. The van der Waals surface area contributed by atoms with E-state index in [0.29, 0.717) is 19.4 Å². The molecule has 0 amide bonds. The van der Waals surface area contributed by atoms with E-state index in [9.17, 15) is 15.0 Å². The molecule has 4 nitrogen and oxygen atoms in total. The summed E-state index contributed by atoms with van der Waals surface area (Å²) in [6.07, 6.45) is 26.2. The van der Waals surface area contributed by atoms with Crippen LogP contribution in [-0.2, 0) is 14.9 Å². The van der Waals surface area contributed by atoms with Gasteiger partial charge in [-0.3, -0.25) is 4.79 Å². The number of esters is 1. The van der Waals surface area contributed by atoms with Gasteiger partial charge in [0.1, 0.15) is 11.5 Å². The predicted octanol–water partition coefficient (Wildman–Crippen LogP) is 10.1. The van der Waals surface area contributed by atoms with Gasteiger partial charge in [0.05, 0.1) is 6.61 Å². The van der Waals surface area contributed by atoms with Gasteiger partial charge in [-0.25, -0.2) is 0 Å². The van der Waals surface area contributed by atoms with Crippen LogP contribution in [0.2, 0.25) is 0 Å². The smallest absolute Gasteiger partial charge is 0.305 e. The molecule has 0 aliphatic carbocycles. The first-order valence-corrected chi connectivity index (χ1v) is 15.5. The summed E-state index contributed by atoms with van der Waals surface area (Å²) < 4.78 is 5.41. The van der Waals surface area contributed by atoms with Gasteiger partial charge in [-0.15, -0.1) is 0 Å². The molecule has 1 aromatic carbocycles. The SMILES string of the molecule is CCCCCCCCCCCCCCCCCCCCOC(=O)CCCC(C)(C)c1ccc(O)cc1O. The second-order valence-corrected chi connectivity index (χ2v) is 11.7. The van der Waals surface area contributed by atoms with E-state index in [0.717, 1.165) is 24.8 Å². The first-order valence-electron chi connectivity index (χ1n) is 15.5. The van der Waals surface area contributed by atoms with E-state index in [1.807, 2.05) is 13.8 Å². The lowest BCUT2D eigenvalue weighted by Gasteiger charge is -2.26. The topological polar surface area (TPSA) is 66.8 Å². The normalized spacial score (nSPS) is 11.6. The van der Waals surface area contributed by atoms with Crippen LogP contribution in [0.1, 0.15) is 161 Å². The fraction of sp³-hybridized carbons (Fsp3) is 0.788. The Hall–Kier alpha value is -1.71. The number of aromatic hydroxyl groups is 2. The molecule has 1 aromatic rings. The second-order valence-electron chi connectivity index (χ2n) is 11.7. The molecule has 37 heavy (non-hydrogen) atoms. The number of phenolic OH excluding ortho intramolecular Hbond substituents is 2. The second kappa shape index (κ2) is 21.2.